The van der Waals surface area contributed by atoms with Crippen LogP contribution in [0.3, 0.4) is 0 Å². The van der Waals surface area contributed by atoms with Crippen molar-refractivity contribution in [3.8, 4) is 0 Å². The van der Waals surface area contributed by atoms with Gasteiger partial charge in [-0.25, -0.2) is 4.39 Å². The summed E-state index contributed by atoms with van der Waals surface area (Å²) < 4.78 is 56.9. The lowest BCUT2D eigenvalue weighted by Gasteiger charge is -2.24. The molecule has 2 nitrogen and oxygen atoms in total. The van der Waals surface area contributed by atoms with E-state index in [1.165, 1.54) is 6.07 Å². The summed E-state index contributed by atoms with van der Waals surface area (Å²) in [4.78, 5) is 0. The number of hydrogen-bond acceptors (Lipinski definition) is 2. The molecule has 20 heavy (non-hydrogen) atoms. The summed E-state index contributed by atoms with van der Waals surface area (Å²) >= 11 is 0. The number of rotatable bonds is 5. The largest absolute Gasteiger partial charge is 0.419 e. The molecule has 2 atom stereocenters. The first-order chi connectivity index (χ1) is 9.34. The molecule has 1 aromatic carbocycles. The summed E-state index contributed by atoms with van der Waals surface area (Å²) in [5.41, 5.74) is 4.99. The maximum atomic E-state index is 13.3. The molecule has 0 saturated heterocycles. The highest BCUT2D eigenvalue weighted by Gasteiger charge is 2.38. The SMILES string of the molecule is CCOC(C1CC1)C(N)c1ccc(F)c(C(F)(F)F)c1. The molecule has 0 aliphatic heterocycles. The first-order valence-electron chi connectivity index (χ1n) is 6.58. The Bertz CT molecular complexity index is 471. The molecule has 1 aliphatic carbocycles. The van der Waals surface area contributed by atoms with Gasteiger partial charge in [0.2, 0.25) is 0 Å². The zero-order valence-electron chi connectivity index (χ0n) is 11.1. The molecule has 0 spiro atoms. The van der Waals surface area contributed by atoms with Crippen molar-refractivity contribution in [2.75, 3.05) is 6.61 Å². The lowest BCUT2D eigenvalue weighted by Crippen LogP contribution is -2.31. The lowest BCUT2D eigenvalue weighted by atomic mass is 9.97. The van der Waals surface area contributed by atoms with Crippen LogP contribution < -0.4 is 5.73 Å². The smallest absolute Gasteiger partial charge is 0.376 e. The van der Waals surface area contributed by atoms with Gasteiger partial charge in [0.05, 0.1) is 17.7 Å². The fourth-order valence-electron chi connectivity index (χ4n) is 2.31. The second kappa shape index (κ2) is 5.69. The Labute approximate surface area is 114 Å². The second-order valence-electron chi connectivity index (χ2n) is 5.02. The summed E-state index contributed by atoms with van der Waals surface area (Å²) in [6, 6.07) is 2.22. The average Bonchev–Trinajstić information content (AvgIpc) is 3.18. The number of benzene rings is 1. The molecular formula is C14H17F4NO. The van der Waals surface area contributed by atoms with Crippen LogP contribution in [0.25, 0.3) is 0 Å². The van der Waals surface area contributed by atoms with Crippen LogP contribution in [0, 0.1) is 11.7 Å². The highest BCUT2D eigenvalue weighted by molar-refractivity contribution is 5.30. The van der Waals surface area contributed by atoms with Gasteiger partial charge in [-0.1, -0.05) is 6.07 Å². The summed E-state index contributed by atoms with van der Waals surface area (Å²) in [7, 11) is 0. The van der Waals surface area contributed by atoms with Crippen LogP contribution in [0.4, 0.5) is 17.6 Å². The van der Waals surface area contributed by atoms with E-state index in [1.54, 1.807) is 0 Å². The quantitative estimate of drug-likeness (QED) is 0.840. The van der Waals surface area contributed by atoms with Crippen LogP contribution in [0.15, 0.2) is 18.2 Å². The zero-order valence-corrected chi connectivity index (χ0v) is 11.1. The summed E-state index contributed by atoms with van der Waals surface area (Å²) in [5, 5.41) is 0. The van der Waals surface area contributed by atoms with Gasteiger partial charge in [0, 0.05) is 6.61 Å². The number of hydrogen-bond donors (Lipinski definition) is 1. The summed E-state index contributed by atoms with van der Waals surface area (Å²) in [5.74, 6) is -1.00. The van der Waals surface area contributed by atoms with Gasteiger partial charge in [0.25, 0.3) is 0 Å². The normalized spacial score (nSPS) is 18.9. The molecule has 2 N–H and O–H groups in total. The predicted molar refractivity (Wildman–Crippen MR) is 66.5 cm³/mol. The van der Waals surface area contributed by atoms with E-state index >= 15 is 0 Å². The van der Waals surface area contributed by atoms with Crippen LogP contribution in [0.2, 0.25) is 0 Å². The van der Waals surface area contributed by atoms with E-state index in [-0.39, 0.29) is 17.6 Å². The Hall–Kier alpha value is -1.14. The third-order valence-electron chi connectivity index (χ3n) is 3.48. The lowest BCUT2D eigenvalue weighted by molar-refractivity contribution is -0.140. The van der Waals surface area contributed by atoms with Gasteiger partial charge in [-0.15, -0.1) is 0 Å². The molecule has 1 saturated carbocycles. The zero-order chi connectivity index (χ0) is 14.9. The molecule has 0 aromatic heterocycles. The van der Waals surface area contributed by atoms with E-state index in [4.69, 9.17) is 10.5 Å². The number of nitrogens with two attached hydrogens (primary N) is 1. The predicted octanol–water partition coefficient (Wildman–Crippen LogP) is 3.66. The fourth-order valence-corrected chi connectivity index (χ4v) is 2.31. The molecule has 0 heterocycles. The van der Waals surface area contributed by atoms with Gasteiger partial charge < -0.3 is 10.5 Å². The molecule has 1 aromatic rings. The van der Waals surface area contributed by atoms with Crippen LogP contribution >= 0.6 is 0 Å². The third kappa shape index (κ3) is 3.30. The summed E-state index contributed by atoms with van der Waals surface area (Å²) in [6.45, 7) is 2.26. The van der Waals surface area contributed by atoms with Crippen molar-refractivity contribution < 1.29 is 22.3 Å². The van der Waals surface area contributed by atoms with Crippen LogP contribution in [0.5, 0.6) is 0 Å². The van der Waals surface area contributed by atoms with E-state index in [9.17, 15) is 17.6 Å². The molecular weight excluding hydrogens is 274 g/mol. The Morgan fingerprint density at radius 1 is 1.35 bits per heavy atom. The Balaban J connectivity index is 2.27. The topological polar surface area (TPSA) is 35.2 Å². The molecule has 0 bridgehead atoms. The van der Waals surface area contributed by atoms with Crippen molar-refractivity contribution >= 4 is 0 Å². The molecule has 1 fully saturated rings. The van der Waals surface area contributed by atoms with Gasteiger partial charge in [-0.05, 0) is 43.4 Å². The number of halogens is 4. The molecule has 2 unspecified atom stereocenters. The Morgan fingerprint density at radius 2 is 2.00 bits per heavy atom. The van der Waals surface area contributed by atoms with E-state index in [2.05, 4.69) is 0 Å². The maximum Gasteiger partial charge on any atom is 0.419 e. The second-order valence-corrected chi connectivity index (χ2v) is 5.02. The third-order valence-corrected chi connectivity index (χ3v) is 3.48. The minimum absolute atomic E-state index is 0.254. The highest BCUT2D eigenvalue weighted by Crippen LogP contribution is 2.40. The molecule has 1 aliphatic rings. The van der Waals surface area contributed by atoms with E-state index in [0.717, 1.165) is 25.0 Å². The first kappa shape index (κ1) is 15.3. The van der Waals surface area contributed by atoms with Crippen LogP contribution in [-0.4, -0.2) is 12.7 Å². The van der Waals surface area contributed by atoms with Crippen molar-refractivity contribution in [3.05, 3.63) is 35.1 Å². The van der Waals surface area contributed by atoms with E-state index < -0.39 is 23.6 Å². The molecule has 0 radical (unpaired) electrons. The fraction of sp³-hybridized carbons (Fsp3) is 0.571. The van der Waals surface area contributed by atoms with E-state index in [0.29, 0.717) is 6.61 Å². The van der Waals surface area contributed by atoms with E-state index in [1.807, 2.05) is 6.92 Å². The molecule has 0 amide bonds. The molecule has 2 rings (SSSR count). The number of ether oxygens (including phenoxy) is 1. The Morgan fingerprint density at radius 3 is 2.50 bits per heavy atom. The van der Waals surface area contributed by atoms with Crippen molar-refractivity contribution in [1.82, 2.24) is 0 Å². The standard InChI is InChI=1S/C14H17F4NO/c1-2-20-13(8-3-4-8)12(19)9-5-6-11(15)10(7-9)14(16,17)18/h5-8,12-13H,2-4,19H2,1H3. The summed E-state index contributed by atoms with van der Waals surface area (Å²) in [6.07, 6.45) is -3.11. The molecule has 6 heteroatoms. The van der Waals surface area contributed by atoms with Crippen molar-refractivity contribution in [2.24, 2.45) is 11.7 Å². The highest BCUT2D eigenvalue weighted by atomic mass is 19.4. The van der Waals surface area contributed by atoms with Gasteiger partial charge in [0.15, 0.2) is 0 Å². The minimum Gasteiger partial charge on any atom is -0.376 e. The number of alkyl halides is 3. The molecule has 112 valence electrons. The minimum atomic E-state index is -4.72. The van der Waals surface area contributed by atoms with Gasteiger partial charge >= 0.3 is 6.18 Å². The van der Waals surface area contributed by atoms with Gasteiger partial charge in [-0.3, -0.25) is 0 Å². The van der Waals surface area contributed by atoms with Crippen molar-refractivity contribution in [1.29, 1.82) is 0 Å². The maximum absolute atomic E-state index is 13.3. The van der Waals surface area contributed by atoms with Crippen molar-refractivity contribution in [3.63, 3.8) is 0 Å². The van der Waals surface area contributed by atoms with Gasteiger partial charge in [0.1, 0.15) is 5.82 Å². The Kier molecular flexibility index (Phi) is 4.34. The average molecular weight is 291 g/mol. The first-order valence-corrected chi connectivity index (χ1v) is 6.58. The van der Waals surface area contributed by atoms with Gasteiger partial charge in [-0.2, -0.15) is 13.2 Å². The van der Waals surface area contributed by atoms with Crippen molar-refractivity contribution in [2.45, 2.75) is 38.1 Å². The van der Waals surface area contributed by atoms with Crippen LogP contribution in [-0.2, 0) is 10.9 Å². The monoisotopic (exact) mass is 291 g/mol. The van der Waals surface area contributed by atoms with Crippen LogP contribution in [0.1, 0.15) is 36.9 Å².